The van der Waals surface area contributed by atoms with Crippen molar-refractivity contribution in [2.45, 2.75) is 25.3 Å². The molecule has 2 aliphatic carbocycles. The van der Waals surface area contributed by atoms with Gasteiger partial charge >= 0.3 is 12.1 Å². The smallest absolute Gasteiger partial charge is 0.407 e. The summed E-state index contributed by atoms with van der Waals surface area (Å²) < 4.78 is 5.58. The van der Waals surface area contributed by atoms with Crippen LogP contribution in [0, 0.1) is 11.8 Å². The third-order valence-electron chi connectivity index (χ3n) is 7.62. The number of nitrogens with zero attached hydrogens (tertiary/aromatic N) is 2. The molecule has 2 fully saturated rings. The Bertz CT molecular complexity index is 1080. The van der Waals surface area contributed by atoms with Crippen LogP contribution in [0.3, 0.4) is 0 Å². The zero-order valence-electron chi connectivity index (χ0n) is 19.9. The molecule has 2 aromatic carbocycles. The lowest BCUT2D eigenvalue weighted by atomic mass is 9.98. The first-order chi connectivity index (χ1) is 16.9. The van der Waals surface area contributed by atoms with Crippen LogP contribution in [0.25, 0.3) is 11.1 Å². The Balaban J connectivity index is 1.06. The van der Waals surface area contributed by atoms with Crippen LogP contribution in [0.5, 0.6) is 0 Å². The maximum absolute atomic E-state index is 12.8. The molecule has 0 spiro atoms. The molecule has 1 heterocycles. The molecule has 3 aliphatic rings. The van der Waals surface area contributed by atoms with Gasteiger partial charge < -0.3 is 20.1 Å². The molecule has 0 bridgehead atoms. The number of benzene rings is 2. The average Bonchev–Trinajstić information content (AvgIpc) is 3.60. The van der Waals surface area contributed by atoms with E-state index in [0.29, 0.717) is 32.7 Å². The van der Waals surface area contributed by atoms with E-state index in [0.717, 1.165) is 6.42 Å². The zero-order valence-corrected chi connectivity index (χ0v) is 19.9. The second-order valence-electron chi connectivity index (χ2n) is 9.68. The molecular weight excluding hydrogens is 446 g/mol. The van der Waals surface area contributed by atoms with Gasteiger partial charge in [0.1, 0.15) is 12.6 Å². The third kappa shape index (κ3) is 4.75. The van der Waals surface area contributed by atoms with Crippen molar-refractivity contribution in [2.75, 3.05) is 39.3 Å². The molecule has 8 heteroatoms. The first kappa shape index (κ1) is 23.4. The summed E-state index contributed by atoms with van der Waals surface area (Å²) in [6.07, 6.45) is 0.301. The maximum atomic E-state index is 12.8. The van der Waals surface area contributed by atoms with Crippen molar-refractivity contribution in [1.29, 1.82) is 0 Å². The number of nitrogens with one attached hydrogen (secondary N) is 1. The molecule has 2 aromatic rings. The fourth-order valence-corrected chi connectivity index (χ4v) is 5.36. The molecular formula is C27H31N3O5. The summed E-state index contributed by atoms with van der Waals surface area (Å²) in [5.41, 5.74) is 4.73. The summed E-state index contributed by atoms with van der Waals surface area (Å²) in [6.45, 7) is 4.57. The first-order valence-corrected chi connectivity index (χ1v) is 12.3. The second-order valence-corrected chi connectivity index (χ2v) is 9.68. The van der Waals surface area contributed by atoms with Crippen LogP contribution in [-0.4, -0.2) is 78.2 Å². The van der Waals surface area contributed by atoms with Crippen molar-refractivity contribution in [1.82, 2.24) is 15.1 Å². The number of hydrogen-bond donors (Lipinski definition) is 2. The van der Waals surface area contributed by atoms with Gasteiger partial charge in [-0.1, -0.05) is 48.5 Å². The second kappa shape index (κ2) is 9.70. The predicted octanol–water partition coefficient (Wildman–Crippen LogP) is 2.78. The number of carbonyl (C=O) groups is 3. The van der Waals surface area contributed by atoms with Gasteiger partial charge in [0.05, 0.1) is 0 Å². The van der Waals surface area contributed by atoms with Crippen LogP contribution in [0.15, 0.2) is 48.5 Å². The largest absolute Gasteiger partial charge is 0.480 e. The van der Waals surface area contributed by atoms with E-state index in [1.165, 1.54) is 22.3 Å². The molecule has 1 saturated carbocycles. The normalized spacial score (nSPS) is 22.1. The molecule has 5 rings (SSSR count). The fourth-order valence-electron chi connectivity index (χ4n) is 5.36. The quantitative estimate of drug-likeness (QED) is 0.636. The zero-order chi connectivity index (χ0) is 24.5. The van der Waals surface area contributed by atoms with Crippen molar-refractivity contribution >= 4 is 18.0 Å². The molecule has 3 atom stereocenters. The van der Waals surface area contributed by atoms with Crippen LogP contribution in [0.1, 0.15) is 30.4 Å². The van der Waals surface area contributed by atoms with Crippen LogP contribution >= 0.6 is 0 Å². The number of carbonyl (C=O) groups excluding carboxylic acids is 2. The SMILES string of the molecule is CC(C(=O)O)N1CCN(C(=O)[C@@H]2C[C@@H]2CNC(=O)OCC2c3ccccc3-c3ccccc32)CC1. The number of fused-ring (bicyclic) bond motifs is 3. The first-order valence-electron chi connectivity index (χ1n) is 12.3. The molecule has 2 amide bonds. The summed E-state index contributed by atoms with van der Waals surface area (Å²) in [5.74, 6) is -0.671. The van der Waals surface area contributed by atoms with Gasteiger partial charge in [-0.15, -0.1) is 0 Å². The van der Waals surface area contributed by atoms with Gasteiger partial charge in [-0.3, -0.25) is 14.5 Å². The summed E-state index contributed by atoms with van der Waals surface area (Å²) in [4.78, 5) is 40.1. The standard InChI is InChI=1S/C27H31N3O5/c1-17(26(32)33)29-10-12-30(13-11-29)25(31)23-14-18(23)15-28-27(34)35-16-24-21-8-4-2-6-19(21)20-7-3-5-9-22(20)24/h2-9,17-18,23-24H,10-16H2,1H3,(H,28,34)(H,32,33)/t17?,18-,23-/m1/s1. The van der Waals surface area contributed by atoms with Gasteiger partial charge in [0.25, 0.3) is 0 Å². The average molecular weight is 478 g/mol. The summed E-state index contributed by atoms with van der Waals surface area (Å²) >= 11 is 0. The van der Waals surface area contributed by atoms with E-state index in [9.17, 15) is 14.4 Å². The molecule has 0 radical (unpaired) electrons. The fraction of sp³-hybridized carbons (Fsp3) is 0.444. The van der Waals surface area contributed by atoms with Crippen molar-refractivity contribution in [2.24, 2.45) is 11.8 Å². The van der Waals surface area contributed by atoms with Gasteiger partial charge in [0.2, 0.25) is 5.91 Å². The lowest BCUT2D eigenvalue weighted by Crippen LogP contribution is -2.53. The molecule has 1 saturated heterocycles. The lowest BCUT2D eigenvalue weighted by molar-refractivity contribution is -0.144. The third-order valence-corrected chi connectivity index (χ3v) is 7.62. The number of amides is 2. The highest BCUT2D eigenvalue weighted by atomic mass is 16.5. The van der Waals surface area contributed by atoms with Crippen LogP contribution in [-0.2, 0) is 14.3 Å². The lowest BCUT2D eigenvalue weighted by Gasteiger charge is -2.36. The minimum atomic E-state index is -0.841. The summed E-state index contributed by atoms with van der Waals surface area (Å²) in [7, 11) is 0. The number of aliphatic carboxylic acids is 1. The summed E-state index contributed by atoms with van der Waals surface area (Å²) in [6, 6.07) is 15.9. The Kier molecular flexibility index (Phi) is 6.47. The Morgan fingerprint density at radius 3 is 2.20 bits per heavy atom. The van der Waals surface area contributed by atoms with E-state index < -0.39 is 18.1 Å². The van der Waals surface area contributed by atoms with Crippen molar-refractivity contribution in [3.05, 3.63) is 59.7 Å². The van der Waals surface area contributed by atoms with E-state index in [1.54, 1.807) is 6.92 Å². The Morgan fingerprint density at radius 2 is 1.60 bits per heavy atom. The van der Waals surface area contributed by atoms with Crippen LogP contribution < -0.4 is 5.32 Å². The van der Waals surface area contributed by atoms with Gasteiger partial charge in [-0.25, -0.2) is 4.79 Å². The number of piperazine rings is 1. The van der Waals surface area contributed by atoms with Gasteiger partial charge in [0.15, 0.2) is 0 Å². The molecule has 1 unspecified atom stereocenters. The number of hydrogen-bond acceptors (Lipinski definition) is 5. The van der Waals surface area contributed by atoms with E-state index in [1.807, 2.05) is 34.1 Å². The van der Waals surface area contributed by atoms with Gasteiger partial charge in [-0.2, -0.15) is 0 Å². The number of rotatable bonds is 7. The molecule has 1 aliphatic heterocycles. The maximum Gasteiger partial charge on any atom is 0.407 e. The topological polar surface area (TPSA) is 99.2 Å². The van der Waals surface area contributed by atoms with Gasteiger partial charge in [0, 0.05) is 44.6 Å². The van der Waals surface area contributed by atoms with E-state index in [-0.39, 0.29) is 30.3 Å². The molecule has 0 aromatic heterocycles. The number of carboxylic acids is 1. The van der Waals surface area contributed by atoms with E-state index in [4.69, 9.17) is 9.84 Å². The number of carboxylic acid groups (broad SMARTS) is 1. The van der Waals surface area contributed by atoms with E-state index in [2.05, 4.69) is 29.6 Å². The Hall–Kier alpha value is -3.39. The van der Waals surface area contributed by atoms with Crippen molar-refractivity contribution < 1.29 is 24.2 Å². The highest BCUT2D eigenvalue weighted by Crippen LogP contribution is 2.44. The Morgan fingerprint density at radius 1 is 1.00 bits per heavy atom. The summed E-state index contributed by atoms with van der Waals surface area (Å²) in [5, 5.41) is 12.0. The van der Waals surface area contributed by atoms with Crippen molar-refractivity contribution in [3.63, 3.8) is 0 Å². The minimum absolute atomic E-state index is 0.0194. The highest BCUT2D eigenvalue weighted by Gasteiger charge is 2.45. The monoisotopic (exact) mass is 477 g/mol. The molecule has 2 N–H and O–H groups in total. The van der Waals surface area contributed by atoms with Crippen molar-refractivity contribution in [3.8, 4) is 11.1 Å². The van der Waals surface area contributed by atoms with Crippen LogP contribution in [0.2, 0.25) is 0 Å². The molecule has 184 valence electrons. The highest BCUT2D eigenvalue weighted by molar-refractivity contribution is 5.82. The van der Waals surface area contributed by atoms with Gasteiger partial charge in [-0.05, 0) is 41.5 Å². The molecule has 8 nitrogen and oxygen atoms in total. The predicted molar refractivity (Wildman–Crippen MR) is 130 cm³/mol. The number of alkyl carbamates (subject to hydrolysis) is 1. The number of ether oxygens (including phenoxy) is 1. The Labute approximate surface area is 204 Å². The van der Waals surface area contributed by atoms with Crippen LogP contribution in [0.4, 0.5) is 4.79 Å². The minimum Gasteiger partial charge on any atom is -0.480 e. The van der Waals surface area contributed by atoms with E-state index >= 15 is 0 Å². The molecule has 35 heavy (non-hydrogen) atoms.